The fourth-order valence-corrected chi connectivity index (χ4v) is 4.62. The molecule has 2 heterocycles. The summed E-state index contributed by atoms with van der Waals surface area (Å²) in [7, 11) is 1.50. The number of ketones is 1. The number of halogens is 2. The largest absolute Gasteiger partial charge is 0.494 e. The number of ether oxygens (including phenoxy) is 2. The van der Waals surface area contributed by atoms with Gasteiger partial charge in [0.2, 0.25) is 5.91 Å². The van der Waals surface area contributed by atoms with Gasteiger partial charge in [-0.1, -0.05) is 17.7 Å². The Morgan fingerprint density at radius 1 is 1.31 bits per heavy atom. The van der Waals surface area contributed by atoms with E-state index in [2.05, 4.69) is 20.6 Å². The highest BCUT2D eigenvalue weighted by Crippen LogP contribution is 2.34. The number of allylic oxidation sites excluding steroid dienone is 1. The Labute approximate surface area is 229 Å². The Bertz CT molecular complexity index is 1520. The molecule has 1 amide bonds. The summed E-state index contributed by atoms with van der Waals surface area (Å²) in [5, 5.41) is 6.53. The molecule has 5 rings (SSSR count). The lowest BCUT2D eigenvalue weighted by atomic mass is 10.1. The highest BCUT2D eigenvalue weighted by molar-refractivity contribution is 6.31. The molecule has 1 fully saturated rings. The molecule has 0 radical (unpaired) electrons. The number of nitrogens with zero attached hydrogens (tertiary/aromatic N) is 3. The Morgan fingerprint density at radius 3 is 2.95 bits per heavy atom. The van der Waals surface area contributed by atoms with Crippen LogP contribution in [0.4, 0.5) is 21.6 Å². The van der Waals surface area contributed by atoms with Crippen molar-refractivity contribution >= 4 is 51.4 Å². The monoisotopic (exact) mass is 549 g/mol. The quantitative estimate of drug-likeness (QED) is 0.346. The number of anilines is 3. The van der Waals surface area contributed by atoms with Crippen molar-refractivity contribution in [1.82, 2.24) is 14.9 Å². The summed E-state index contributed by atoms with van der Waals surface area (Å²) in [5.74, 6) is 0.601. The van der Waals surface area contributed by atoms with E-state index in [4.69, 9.17) is 21.1 Å². The van der Waals surface area contributed by atoms with Crippen LogP contribution in [0.3, 0.4) is 0 Å². The van der Waals surface area contributed by atoms with E-state index in [1.54, 1.807) is 42.9 Å². The third-order valence-electron chi connectivity index (χ3n) is 6.38. The van der Waals surface area contributed by atoms with Crippen LogP contribution in [0.25, 0.3) is 10.9 Å². The van der Waals surface area contributed by atoms with E-state index >= 15 is 0 Å². The molecule has 39 heavy (non-hydrogen) atoms. The smallest absolute Gasteiger partial charge is 0.248 e. The number of methoxy groups -OCH3 is 1. The Hall–Kier alpha value is -4.44. The van der Waals surface area contributed by atoms with Gasteiger partial charge < -0.3 is 25.0 Å². The van der Waals surface area contributed by atoms with Gasteiger partial charge in [0.05, 0.1) is 29.3 Å². The molecular formula is C28H25ClFN5O4. The van der Waals surface area contributed by atoms with Gasteiger partial charge >= 0.3 is 0 Å². The van der Waals surface area contributed by atoms with Crippen molar-refractivity contribution in [3.05, 3.63) is 84.1 Å². The number of benzene rings is 2. The topological polar surface area (TPSA) is 106 Å². The molecule has 2 N–H and O–H groups in total. The van der Waals surface area contributed by atoms with Crippen LogP contribution in [0.5, 0.6) is 5.75 Å². The van der Waals surface area contributed by atoms with Crippen molar-refractivity contribution < 1.29 is 23.5 Å². The van der Waals surface area contributed by atoms with Gasteiger partial charge in [-0.3, -0.25) is 9.59 Å². The van der Waals surface area contributed by atoms with Crippen molar-refractivity contribution in [3.63, 3.8) is 0 Å². The summed E-state index contributed by atoms with van der Waals surface area (Å²) in [4.78, 5) is 35.2. The normalized spacial score (nSPS) is 16.9. The molecule has 1 saturated carbocycles. The molecule has 0 bridgehead atoms. The van der Waals surface area contributed by atoms with Crippen LogP contribution in [-0.2, 0) is 14.3 Å². The molecule has 3 aromatic rings. The van der Waals surface area contributed by atoms with Gasteiger partial charge in [0, 0.05) is 48.6 Å². The average molecular weight is 550 g/mol. The summed E-state index contributed by atoms with van der Waals surface area (Å²) >= 11 is 5.91. The first-order chi connectivity index (χ1) is 18.9. The van der Waals surface area contributed by atoms with Crippen LogP contribution in [0.1, 0.15) is 19.3 Å². The van der Waals surface area contributed by atoms with Gasteiger partial charge in [-0.05, 0) is 37.1 Å². The molecule has 1 aromatic heterocycles. The Balaban J connectivity index is 1.30. The molecule has 1 aliphatic carbocycles. The second-order valence-electron chi connectivity index (χ2n) is 8.98. The highest BCUT2D eigenvalue weighted by Gasteiger charge is 2.30. The summed E-state index contributed by atoms with van der Waals surface area (Å²) in [6.45, 7) is 0.411. The van der Waals surface area contributed by atoms with E-state index in [-0.39, 0.29) is 22.6 Å². The van der Waals surface area contributed by atoms with Crippen LogP contribution in [-0.4, -0.2) is 40.2 Å². The summed E-state index contributed by atoms with van der Waals surface area (Å²) in [6, 6.07) is 7.64. The van der Waals surface area contributed by atoms with E-state index in [1.165, 1.54) is 31.6 Å². The first kappa shape index (κ1) is 26.2. The minimum Gasteiger partial charge on any atom is -0.494 e. The van der Waals surface area contributed by atoms with Crippen LogP contribution < -0.4 is 15.4 Å². The van der Waals surface area contributed by atoms with Gasteiger partial charge in [-0.2, -0.15) is 0 Å². The first-order valence-corrected chi connectivity index (χ1v) is 12.6. The van der Waals surface area contributed by atoms with E-state index in [0.717, 1.165) is 12.8 Å². The van der Waals surface area contributed by atoms with Gasteiger partial charge in [0.25, 0.3) is 0 Å². The maximum Gasteiger partial charge on any atom is 0.248 e. The molecule has 0 saturated heterocycles. The second-order valence-corrected chi connectivity index (χ2v) is 9.39. The maximum atomic E-state index is 13.6. The van der Waals surface area contributed by atoms with E-state index in [1.807, 2.05) is 4.90 Å². The predicted molar refractivity (Wildman–Crippen MR) is 146 cm³/mol. The minimum atomic E-state index is -0.525. The number of aromatic nitrogens is 2. The number of carbonyl (C=O) groups is 2. The number of nitrogens with one attached hydrogen (secondary N) is 2. The summed E-state index contributed by atoms with van der Waals surface area (Å²) in [6.07, 6.45) is 11.8. The zero-order valence-corrected chi connectivity index (χ0v) is 21.7. The number of carbonyl (C=O) groups excluding carboxylic acids is 2. The highest BCUT2D eigenvalue weighted by atomic mass is 35.5. The van der Waals surface area contributed by atoms with Crippen molar-refractivity contribution in [1.29, 1.82) is 0 Å². The van der Waals surface area contributed by atoms with Crippen molar-refractivity contribution in [2.24, 2.45) is 5.92 Å². The number of Topliss-reactive ketones (excluding diaryl/α,β-unsaturated/α-hetero) is 1. The van der Waals surface area contributed by atoms with Crippen molar-refractivity contribution in [2.75, 3.05) is 24.3 Å². The van der Waals surface area contributed by atoms with Gasteiger partial charge in [0.1, 0.15) is 41.5 Å². The first-order valence-electron chi connectivity index (χ1n) is 12.3. The third-order valence-corrected chi connectivity index (χ3v) is 6.67. The summed E-state index contributed by atoms with van der Waals surface area (Å²) < 4.78 is 24.6. The summed E-state index contributed by atoms with van der Waals surface area (Å²) in [5.41, 5.74) is 1.54. The number of hydrogen-bond donors (Lipinski definition) is 2. The van der Waals surface area contributed by atoms with Crippen LogP contribution in [0.2, 0.25) is 5.02 Å². The minimum absolute atomic E-state index is 0.0221. The van der Waals surface area contributed by atoms with Crippen LogP contribution >= 0.6 is 11.6 Å². The number of rotatable bonds is 8. The third kappa shape index (κ3) is 6.01. The number of amides is 1. The fourth-order valence-electron chi connectivity index (χ4n) is 4.44. The average Bonchev–Trinajstić information content (AvgIpc) is 3.36. The molecule has 2 aromatic carbocycles. The second kappa shape index (κ2) is 11.5. The Kier molecular flexibility index (Phi) is 7.74. The van der Waals surface area contributed by atoms with E-state index in [0.29, 0.717) is 52.6 Å². The lowest BCUT2D eigenvalue weighted by Crippen LogP contribution is -2.20. The molecule has 0 spiro atoms. The predicted octanol–water partition coefficient (Wildman–Crippen LogP) is 5.68. The van der Waals surface area contributed by atoms with Gasteiger partial charge in [0.15, 0.2) is 0 Å². The molecule has 200 valence electrons. The molecular weight excluding hydrogens is 525 g/mol. The fraction of sp³-hybridized carbons (Fsp3) is 0.214. The molecule has 9 nitrogen and oxygen atoms in total. The molecule has 2 aliphatic rings. The number of fused-ring (bicyclic) bond motifs is 1. The molecule has 1 unspecified atom stereocenters. The van der Waals surface area contributed by atoms with Crippen molar-refractivity contribution in [2.45, 2.75) is 19.3 Å². The van der Waals surface area contributed by atoms with Gasteiger partial charge in [-0.15, -0.1) is 0 Å². The lowest BCUT2D eigenvalue weighted by Gasteiger charge is -2.22. The van der Waals surface area contributed by atoms with Gasteiger partial charge in [-0.25, -0.2) is 14.4 Å². The van der Waals surface area contributed by atoms with Crippen molar-refractivity contribution in [3.8, 4) is 5.75 Å². The standard InChI is InChI=1S/C28H25ClFN5O4/c1-38-25-14-22-19(28(32-16-31-22)33-17-7-8-21(30)20(29)12-17)13-23(25)34-27(37)6-3-9-35-10-11-39-26(15-35)18-4-2-5-24(18)36/h3,6-8,10-16,18H,2,4-5,9H2,1H3,(H,34,37)(H,31,32,33). The van der Waals surface area contributed by atoms with E-state index in [9.17, 15) is 14.0 Å². The zero-order valence-electron chi connectivity index (χ0n) is 21.0. The SMILES string of the molecule is COc1cc2ncnc(Nc3ccc(F)c(Cl)c3)c2cc1NC(=O)C=CCN1C=COC(C2CCCC2=O)=C1. The number of hydrogen-bond acceptors (Lipinski definition) is 8. The maximum absolute atomic E-state index is 13.6. The Morgan fingerprint density at radius 2 is 2.18 bits per heavy atom. The van der Waals surface area contributed by atoms with E-state index < -0.39 is 5.82 Å². The van der Waals surface area contributed by atoms with Crippen LogP contribution in [0.15, 0.2) is 73.2 Å². The molecule has 11 heteroatoms. The lowest BCUT2D eigenvalue weighted by molar-refractivity contribution is -0.120. The van der Waals surface area contributed by atoms with Crippen LogP contribution in [0, 0.1) is 11.7 Å². The molecule has 1 atom stereocenters. The molecule has 1 aliphatic heterocycles. The zero-order chi connectivity index (χ0) is 27.4.